The SMILES string of the molecule is O=C(O)/C=C/c1ccc(C2(/N=C3\BO3)BO2)nc1. The molecule has 1 aromatic rings. The molecule has 88 valence electrons. The predicted molar refractivity (Wildman–Crippen MR) is 66.5 cm³/mol. The number of aromatic nitrogens is 1. The molecule has 0 aromatic carbocycles. The summed E-state index contributed by atoms with van der Waals surface area (Å²) in [5, 5.41) is 8.52. The van der Waals surface area contributed by atoms with Crippen LogP contribution in [-0.4, -0.2) is 36.8 Å². The van der Waals surface area contributed by atoms with Crippen LogP contribution in [0.2, 0.25) is 0 Å². The fourth-order valence-corrected chi connectivity index (χ4v) is 1.54. The third-order valence-corrected chi connectivity index (χ3v) is 2.60. The number of aliphatic imine (C=N–C) groups is 1. The van der Waals surface area contributed by atoms with Crippen molar-refractivity contribution in [3.63, 3.8) is 0 Å². The topological polar surface area (TPSA) is 87.6 Å². The zero-order valence-electron chi connectivity index (χ0n) is 9.37. The van der Waals surface area contributed by atoms with Gasteiger partial charge in [-0.05, 0) is 17.7 Å². The quantitative estimate of drug-likeness (QED) is 0.433. The number of rotatable bonds is 4. The standard InChI is InChI=1S/C10H8B2N2O4/c15-8(16)4-2-6-1-3-7(13-5-6)10(12-18-10)14-9-11-17-9/h1-5,11-12H,(H,15,16)/b4-2+,14-9+. The fourth-order valence-electron chi connectivity index (χ4n) is 1.54. The molecule has 2 fully saturated rings. The Balaban J connectivity index is 1.79. The molecule has 1 unspecified atom stereocenters. The molecule has 3 rings (SSSR count). The summed E-state index contributed by atoms with van der Waals surface area (Å²) in [7, 11) is 1.06. The highest BCUT2D eigenvalue weighted by Gasteiger charge is 2.51. The smallest absolute Gasteiger partial charge is 0.434 e. The van der Waals surface area contributed by atoms with Gasteiger partial charge < -0.3 is 14.4 Å². The number of pyridine rings is 1. The number of aliphatic carboxylic acids is 1. The van der Waals surface area contributed by atoms with Crippen molar-refractivity contribution in [3.8, 4) is 0 Å². The van der Waals surface area contributed by atoms with Crippen LogP contribution < -0.4 is 0 Å². The van der Waals surface area contributed by atoms with Gasteiger partial charge in [0.2, 0.25) is 0 Å². The first-order valence-corrected chi connectivity index (χ1v) is 5.41. The number of hydrogen-bond acceptors (Lipinski definition) is 5. The fraction of sp³-hybridized carbons (Fsp3) is 0.100. The Morgan fingerprint density at radius 3 is 2.83 bits per heavy atom. The maximum atomic E-state index is 10.4. The number of carboxylic acid groups (broad SMARTS) is 1. The summed E-state index contributed by atoms with van der Waals surface area (Å²) in [6.07, 6.45) is 4.14. The van der Waals surface area contributed by atoms with Crippen LogP contribution in [-0.2, 0) is 19.7 Å². The van der Waals surface area contributed by atoms with Crippen molar-refractivity contribution in [3.05, 3.63) is 35.7 Å². The number of carboxylic acids is 1. The molecule has 0 spiro atoms. The van der Waals surface area contributed by atoms with Crippen LogP contribution in [0.25, 0.3) is 6.08 Å². The minimum Gasteiger partial charge on any atom is -0.549 e. The van der Waals surface area contributed by atoms with Gasteiger partial charge in [-0.15, -0.1) is 0 Å². The van der Waals surface area contributed by atoms with Crippen molar-refractivity contribution in [1.29, 1.82) is 0 Å². The Bertz CT molecular complexity index is 546. The minimum atomic E-state index is -0.988. The lowest BCUT2D eigenvalue weighted by Gasteiger charge is -2.06. The van der Waals surface area contributed by atoms with Crippen LogP contribution in [0.1, 0.15) is 11.3 Å². The van der Waals surface area contributed by atoms with E-state index < -0.39 is 11.6 Å². The van der Waals surface area contributed by atoms with Gasteiger partial charge in [-0.3, -0.25) is 4.98 Å². The molecule has 0 bridgehead atoms. The van der Waals surface area contributed by atoms with Gasteiger partial charge in [0, 0.05) is 12.3 Å². The van der Waals surface area contributed by atoms with E-state index in [1.54, 1.807) is 18.3 Å². The third-order valence-electron chi connectivity index (χ3n) is 2.60. The first-order valence-electron chi connectivity index (χ1n) is 5.41. The first kappa shape index (κ1) is 11.0. The highest BCUT2D eigenvalue weighted by Crippen LogP contribution is 2.37. The molecule has 0 amide bonds. The number of nitrogens with zero attached hydrogens (tertiary/aromatic N) is 2. The zero-order chi connectivity index (χ0) is 12.6. The molecule has 2 aliphatic heterocycles. The summed E-state index contributed by atoms with van der Waals surface area (Å²) >= 11 is 0. The first-order chi connectivity index (χ1) is 8.68. The van der Waals surface area contributed by atoms with Crippen molar-refractivity contribution >= 4 is 32.8 Å². The van der Waals surface area contributed by atoms with Crippen LogP contribution >= 0.6 is 0 Å². The van der Waals surface area contributed by atoms with E-state index in [4.69, 9.17) is 14.4 Å². The molecule has 18 heavy (non-hydrogen) atoms. The summed E-state index contributed by atoms with van der Waals surface area (Å²) in [6, 6.07) is 3.56. The third kappa shape index (κ3) is 2.28. The lowest BCUT2D eigenvalue weighted by Crippen LogP contribution is -2.09. The molecule has 8 heteroatoms. The molecular formula is C10H8B2N2O4. The van der Waals surface area contributed by atoms with Crippen molar-refractivity contribution < 1.29 is 19.2 Å². The van der Waals surface area contributed by atoms with Crippen LogP contribution in [0.5, 0.6) is 0 Å². The van der Waals surface area contributed by atoms with Gasteiger partial charge in [-0.1, -0.05) is 6.07 Å². The Kier molecular flexibility index (Phi) is 2.45. The van der Waals surface area contributed by atoms with Crippen molar-refractivity contribution in [2.45, 2.75) is 5.62 Å². The van der Waals surface area contributed by atoms with Crippen LogP contribution in [0.15, 0.2) is 29.4 Å². The summed E-state index contributed by atoms with van der Waals surface area (Å²) in [5.41, 5.74) is 0.742. The van der Waals surface area contributed by atoms with E-state index >= 15 is 0 Å². The van der Waals surface area contributed by atoms with E-state index in [2.05, 4.69) is 9.98 Å². The highest BCUT2D eigenvalue weighted by molar-refractivity contribution is 6.83. The second-order valence-corrected chi connectivity index (χ2v) is 4.02. The van der Waals surface area contributed by atoms with Gasteiger partial charge in [0.05, 0.1) is 5.69 Å². The van der Waals surface area contributed by atoms with Gasteiger partial charge in [0.15, 0.2) is 11.4 Å². The van der Waals surface area contributed by atoms with Gasteiger partial charge in [0.25, 0.3) is 0 Å². The average Bonchev–Trinajstić information content (AvgIpc) is 3.26. The van der Waals surface area contributed by atoms with Crippen molar-refractivity contribution in [1.82, 2.24) is 4.98 Å². The molecule has 1 N–H and O–H groups in total. The molecule has 0 saturated carbocycles. The highest BCUT2D eigenvalue weighted by atomic mass is 16.6. The van der Waals surface area contributed by atoms with Gasteiger partial charge in [-0.2, -0.15) is 0 Å². The Morgan fingerprint density at radius 2 is 2.33 bits per heavy atom. The van der Waals surface area contributed by atoms with E-state index in [9.17, 15) is 4.79 Å². The molecule has 2 aliphatic rings. The van der Waals surface area contributed by atoms with E-state index in [1.165, 1.54) is 6.08 Å². The van der Waals surface area contributed by atoms with E-state index in [0.29, 0.717) is 32.0 Å². The monoisotopic (exact) mass is 242 g/mol. The van der Waals surface area contributed by atoms with Crippen molar-refractivity contribution in [2.75, 3.05) is 0 Å². The second kappa shape index (κ2) is 3.99. The Hall–Kier alpha value is -2.08. The lowest BCUT2D eigenvalue weighted by molar-refractivity contribution is -0.131. The molecule has 1 atom stereocenters. The zero-order valence-corrected chi connectivity index (χ0v) is 9.37. The number of carbonyl (C=O) groups is 1. The van der Waals surface area contributed by atoms with Gasteiger partial charge >= 0.3 is 20.9 Å². The van der Waals surface area contributed by atoms with Crippen LogP contribution in [0.3, 0.4) is 0 Å². The lowest BCUT2D eigenvalue weighted by atomic mass is 9.92. The van der Waals surface area contributed by atoms with Gasteiger partial charge in [-0.25, -0.2) is 9.79 Å². The summed E-state index contributed by atoms with van der Waals surface area (Å²) in [6.45, 7) is 0. The number of hydrogen-bond donors (Lipinski definition) is 1. The summed E-state index contributed by atoms with van der Waals surface area (Å²) < 4.78 is 10.3. The molecule has 3 heterocycles. The Labute approximate surface area is 104 Å². The summed E-state index contributed by atoms with van der Waals surface area (Å²) in [4.78, 5) is 18.9. The van der Waals surface area contributed by atoms with E-state index in [0.717, 1.165) is 6.08 Å². The molecule has 1 aromatic heterocycles. The minimum absolute atomic E-state index is 0.497. The summed E-state index contributed by atoms with van der Waals surface area (Å²) in [5.74, 6) is -0.303. The van der Waals surface area contributed by atoms with Crippen molar-refractivity contribution in [2.24, 2.45) is 4.99 Å². The molecule has 0 aliphatic carbocycles. The average molecular weight is 242 g/mol. The Morgan fingerprint density at radius 1 is 1.56 bits per heavy atom. The van der Waals surface area contributed by atoms with Crippen LogP contribution in [0.4, 0.5) is 0 Å². The molecule has 2 saturated heterocycles. The predicted octanol–water partition coefficient (Wildman–Crippen LogP) is -0.591. The van der Waals surface area contributed by atoms with Crippen LogP contribution in [0, 0.1) is 0 Å². The largest absolute Gasteiger partial charge is 0.549 e. The maximum Gasteiger partial charge on any atom is 0.434 e. The van der Waals surface area contributed by atoms with E-state index in [1.807, 2.05) is 0 Å². The molecular weight excluding hydrogens is 234 g/mol. The molecule has 0 radical (unpaired) electrons. The molecule has 6 nitrogen and oxygen atoms in total. The van der Waals surface area contributed by atoms with Gasteiger partial charge in [0.1, 0.15) is 0 Å². The normalized spacial score (nSPS) is 26.3. The second-order valence-electron chi connectivity index (χ2n) is 4.02. The van der Waals surface area contributed by atoms with E-state index in [-0.39, 0.29) is 0 Å². The maximum absolute atomic E-state index is 10.4.